The Morgan fingerprint density at radius 1 is 1.04 bits per heavy atom. The molecule has 0 aliphatic carbocycles. The molecular formula is C15H12ClF4NO4S. The van der Waals surface area contributed by atoms with Gasteiger partial charge in [-0.25, -0.2) is 12.8 Å². The largest absolute Gasteiger partial charge is 0.493 e. The molecule has 0 saturated heterocycles. The number of alkyl halides is 3. The Morgan fingerprint density at radius 3 is 2.15 bits per heavy atom. The summed E-state index contributed by atoms with van der Waals surface area (Å²) in [5.74, 6) is -1.28. The molecule has 1 N–H and O–H groups in total. The quantitative estimate of drug-likeness (QED) is 0.742. The van der Waals surface area contributed by atoms with E-state index in [1.807, 2.05) is 4.72 Å². The van der Waals surface area contributed by atoms with E-state index >= 15 is 0 Å². The van der Waals surface area contributed by atoms with Gasteiger partial charge in [-0.1, -0.05) is 11.6 Å². The minimum absolute atomic E-state index is 0.0465. The molecule has 0 radical (unpaired) electrons. The lowest BCUT2D eigenvalue weighted by Gasteiger charge is -2.14. The van der Waals surface area contributed by atoms with Crippen LogP contribution < -0.4 is 14.2 Å². The van der Waals surface area contributed by atoms with Crippen LogP contribution in [0.25, 0.3) is 0 Å². The number of nitrogens with one attached hydrogen (secondary N) is 1. The Kier molecular flexibility index (Phi) is 5.57. The first-order chi connectivity index (χ1) is 12.0. The van der Waals surface area contributed by atoms with E-state index in [4.69, 9.17) is 21.1 Å². The highest BCUT2D eigenvalue weighted by Crippen LogP contribution is 2.37. The molecule has 0 unspecified atom stereocenters. The highest BCUT2D eigenvalue weighted by molar-refractivity contribution is 7.92. The molecule has 0 aliphatic rings. The molecule has 0 aliphatic heterocycles. The van der Waals surface area contributed by atoms with Crippen LogP contribution in [-0.2, 0) is 16.2 Å². The van der Waals surface area contributed by atoms with Gasteiger partial charge >= 0.3 is 6.18 Å². The predicted molar refractivity (Wildman–Crippen MR) is 86.8 cm³/mol. The molecule has 0 aromatic heterocycles. The number of hydrogen-bond acceptors (Lipinski definition) is 4. The van der Waals surface area contributed by atoms with Crippen molar-refractivity contribution in [3.05, 3.63) is 46.7 Å². The third-order valence-corrected chi connectivity index (χ3v) is 4.98. The summed E-state index contributed by atoms with van der Waals surface area (Å²) in [7, 11) is -2.10. The molecule has 0 bridgehead atoms. The number of benzene rings is 2. The monoisotopic (exact) mass is 413 g/mol. The molecule has 2 aromatic carbocycles. The van der Waals surface area contributed by atoms with Gasteiger partial charge < -0.3 is 9.47 Å². The van der Waals surface area contributed by atoms with Gasteiger partial charge in [-0.15, -0.1) is 0 Å². The van der Waals surface area contributed by atoms with E-state index in [-0.39, 0.29) is 11.5 Å². The summed E-state index contributed by atoms with van der Waals surface area (Å²) in [5, 5.41) is -0.599. The summed E-state index contributed by atoms with van der Waals surface area (Å²) in [6.45, 7) is 0. The number of hydrogen-bond donors (Lipinski definition) is 1. The van der Waals surface area contributed by atoms with E-state index in [0.717, 1.165) is 24.3 Å². The molecule has 5 nitrogen and oxygen atoms in total. The van der Waals surface area contributed by atoms with Crippen molar-refractivity contribution in [1.29, 1.82) is 0 Å². The maximum atomic E-state index is 14.1. The summed E-state index contributed by atoms with van der Waals surface area (Å²) >= 11 is 5.48. The van der Waals surface area contributed by atoms with Gasteiger partial charge in [0.15, 0.2) is 11.5 Å². The average molecular weight is 414 g/mol. The number of sulfonamides is 1. The van der Waals surface area contributed by atoms with Crippen molar-refractivity contribution >= 4 is 27.3 Å². The maximum Gasteiger partial charge on any atom is 0.417 e. The van der Waals surface area contributed by atoms with E-state index in [1.165, 1.54) is 14.2 Å². The van der Waals surface area contributed by atoms with Crippen LogP contribution in [0, 0.1) is 5.82 Å². The van der Waals surface area contributed by atoms with E-state index in [0.29, 0.717) is 6.07 Å². The highest BCUT2D eigenvalue weighted by atomic mass is 35.5. The third-order valence-electron chi connectivity index (χ3n) is 3.25. The van der Waals surface area contributed by atoms with Gasteiger partial charge in [0, 0.05) is 17.8 Å². The van der Waals surface area contributed by atoms with Crippen LogP contribution in [0.5, 0.6) is 11.5 Å². The molecule has 0 amide bonds. The third kappa shape index (κ3) is 4.13. The lowest BCUT2D eigenvalue weighted by atomic mass is 10.2. The lowest BCUT2D eigenvalue weighted by Crippen LogP contribution is -2.16. The van der Waals surface area contributed by atoms with Crippen molar-refractivity contribution < 1.29 is 35.5 Å². The van der Waals surface area contributed by atoms with Crippen LogP contribution in [-0.4, -0.2) is 22.6 Å². The summed E-state index contributed by atoms with van der Waals surface area (Å²) in [5.41, 5.74) is -1.66. The van der Waals surface area contributed by atoms with Crippen LogP contribution in [0.2, 0.25) is 5.02 Å². The van der Waals surface area contributed by atoms with Crippen LogP contribution in [0.4, 0.5) is 23.2 Å². The van der Waals surface area contributed by atoms with Crippen LogP contribution in [0.1, 0.15) is 5.56 Å². The minimum Gasteiger partial charge on any atom is -0.493 e. The maximum absolute atomic E-state index is 14.1. The number of anilines is 1. The molecule has 11 heteroatoms. The molecular weight excluding hydrogens is 402 g/mol. The van der Waals surface area contributed by atoms with E-state index in [2.05, 4.69) is 0 Å². The van der Waals surface area contributed by atoms with Crippen molar-refractivity contribution in [2.24, 2.45) is 0 Å². The van der Waals surface area contributed by atoms with Crippen molar-refractivity contribution in [3.8, 4) is 11.5 Å². The number of methoxy groups -OCH3 is 2. The highest BCUT2D eigenvalue weighted by Gasteiger charge is 2.34. The second-order valence-corrected chi connectivity index (χ2v) is 6.99. The SMILES string of the molecule is COc1cc(F)c(S(=O)(=O)Nc2ccc(Cl)c(C(F)(F)F)c2)cc1OC. The Balaban J connectivity index is 2.47. The zero-order valence-electron chi connectivity index (χ0n) is 13.3. The Hall–Kier alpha value is -2.20. The Labute approximate surface area is 151 Å². The average Bonchev–Trinajstić information content (AvgIpc) is 2.54. The van der Waals surface area contributed by atoms with E-state index in [1.54, 1.807) is 0 Å². The van der Waals surface area contributed by atoms with Gasteiger partial charge in [0.25, 0.3) is 10.0 Å². The summed E-state index contributed by atoms with van der Waals surface area (Å²) in [6, 6.07) is 4.06. The zero-order chi connectivity index (χ0) is 19.7. The number of ether oxygens (including phenoxy) is 2. The fraction of sp³-hybridized carbons (Fsp3) is 0.200. The van der Waals surface area contributed by atoms with Gasteiger partial charge in [-0.2, -0.15) is 13.2 Å². The van der Waals surface area contributed by atoms with Gasteiger partial charge in [0.05, 0.1) is 24.8 Å². The molecule has 0 heterocycles. The summed E-state index contributed by atoms with van der Waals surface area (Å²) in [4.78, 5) is -0.821. The molecule has 0 fully saturated rings. The molecule has 142 valence electrons. The van der Waals surface area contributed by atoms with E-state index < -0.39 is 43.2 Å². The molecule has 2 aromatic rings. The predicted octanol–water partition coefficient (Wildman–Crippen LogP) is 4.32. The Bertz CT molecular complexity index is 932. The smallest absolute Gasteiger partial charge is 0.417 e. The molecule has 2 rings (SSSR count). The minimum atomic E-state index is -4.78. The fourth-order valence-corrected chi connectivity index (χ4v) is 3.41. The molecule has 0 atom stereocenters. The second-order valence-electron chi connectivity index (χ2n) is 4.94. The zero-order valence-corrected chi connectivity index (χ0v) is 14.9. The van der Waals surface area contributed by atoms with Gasteiger partial charge in [0.2, 0.25) is 0 Å². The summed E-state index contributed by atoms with van der Waals surface area (Å²) in [6.07, 6.45) is -4.78. The van der Waals surface area contributed by atoms with E-state index in [9.17, 15) is 26.0 Å². The first-order valence-corrected chi connectivity index (χ1v) is 8.67. The van der Waals surface area contributed by atoms with Crippen LogP contribution in [0.3, 0.4) is 0 Å². The van der Waals surface area contributed by atoms with Crippen molar-refractivity contribution in [1.82, 2.24) is 0 Å². The second kappa shape index (κ2) is 7.20. The first-order valence-electron chi connectivity index (χ1n) is 6.80. The normalized spacial score (nSPS) is 12.0. The van der Waals surface area contributed by atoms with Gasteiger partial charge in [-0.05, 0) is 18.2 Å². The number of rotatable bonds is 5. The van der Waals surface area contributed by atoms with Gasteiger partial charge in [-0.3, -0.25) is 4.72 Å². The van der Waals surface area contributed by atoms with Crippen molar-refractivity contribution in [2.45, 2.75) is 11.1 Å². The van der Waals surface area contributed by atoms with Crippen LogP contribution >= 0.6 is 11.6 Å². The fourth-order valence-electron chi connectivity index (χ4n) is 2.06. The molecule has 26 heavy (non-hydrogen) atoms. The number of halogens is 5. The Morgan fingerprint density at radius 2 is 1.62 bits per heavy atom. The van der Waals surface area contributed by atoms with Crippen molar-refractivity contribution in [2.75, 3.05) is 18.9 Å². The lowest BCUT2D eigenvalue weighted by molar-refractivity contribution is -0.137. The first kappa shape index (κ1) is 20.1. The van der Waals surface area contributed by atoms with Crippen molar-refractivity contribution in [3.63, 3.8) is 0 Å². The molecule has 0 spiro atoms. The topological polar surface area (TPSA) is 64.6 Å². The van der Waals surface area contributed by atoms with Crippen LogP contribution in [0.15, 0.2) is 35.2 Å². The standard InChI is InChI=1S/C15H12ClF4NO4S/c1-24-12-6-11(17)14(7-13(12)25-2)26(22,23)21-8-3-4-10(16)9(5-8)15(18,19)20/h3-7,21H,1-2H3. The molecule has 0 saturated carbocycles. The summed E-state index contributed by atoms with van der Waals surface area (Å²) < 4.78 is 89.2. The van der Waals surface area contributed by atoms with Gasteiger partial charge in [0.1, 0.15) is 10.7 Å².